The van der Waals surface area contributed by atoms with Gasteiger partial charge in [0.25, 0.3) is 0 Å². The maximum Gasteiger partial charge on any atom is 0.334 e. The molecule has 0 unspecified atom stereocenters. The Bertz CT molecular complexity index is 1180. The molecular formula is C26H30FN5O6. The molecule has 2 saturated heterocycles. The second-order valence-electron chi connectivity index (χ2n) is 9.13. The lowest BCUT2D eigenvalue weighted by Gasteiger charge is -2.54. The number of benzene rings is 2. The normalized spacial score (nSPS) is 19.9. The molecule has 12 heteroatoms. The second kappa shape index (κ2) is 12.0. The van der Waals surface area contributed by atoms with Gasteiger partial charge < -0.3 is 25.0 Å². The van der Waals surface area contributed by atoms with Crippen LogP contribution in [0.25, 0.3) is 0 Å². The number of carbonyl (C=O) groups is 4. The summed E-state index contributed by atoms with van der Waals surface area (Å²) in [5.41, 5.74) is 1.25. The molecule has 0 aliphatic carbocycles. The molecule has 0 spiro atoms. The van der Waals surface area contributed by atoms with Crippen LogP contribution >= 0.6 is 0 Å². The van der Waals surface area contributed by atoms with Crippen LogP contribution in [0.1, 0.15) is 17.5 Å². The minimum atomic E-state index is -1.27. The average molecular weight is 528 g/mol. The van der Waals surface area contributed by atoms with E-state index in [-0.39, 0.29) is 39.4 Å². The van der Waals surface area contributed by atoms with Gasteiger partial charge in [-0.05, 0) is 11.6 Å². The molecule has 2 aliphatic heterocycles. The van der Waals surface area contributed by atoms with Gasteiger partial charge in [-0.25, -0.2) is 19.2 Å². The van der Waals surface area contributed by atoms with Gasteiger partial charge in [0.15, 0.2) is 0 Å². The highest BCUT2D eigenvalue weighted by atomic mass is 19.1. The fourth-order valence-electron chi connectivity index (χ4n) is 4.70. The van der Waals surface area contributed by atoms with Crippen LogP contribution in [0.4, 0.5) is 9.18 Å². The molecule has 2 aromatic carbocycles. The molecule has 38 heavy (non-hydrogen) atoms. The summed E-state index contributed by atoms with van der Waals surface area (Å²) in [6.45, 7) is 0.146. The van der Waals surface area contributed by atoms with E-state index in [1.807, 2.05) is 30.3 Å². The molecule has 0 radical (unpaired) electrons. The number of carboxylic acids is 1. The molecule has 11 nitrogen and oxygen atoms in total. The van der Waals surface area contributed by atoms with Gasteiger partial charge in [-0.3, -0.25) is 14.4 Å². The number of urea groups is 1. The predicted molar refractivity (Wildman–Crippen MR) is 132 cm³/mol. The number of hydrogen-bond donors (Lipinski definition) is 2. The average Bonchev–Trinajstić information content (AvgIpc) is 2.88. The summed E-state index contributed by atoms with van der Waals surface area (Å²) in [5.74, 6) is -2.63. The summed E-state index contributed by atoms with van der Waals surface area (Å²) in [5, 5.41) is 15.1. The SMILES string of the molecule is CN1CC(=O)N2[C@@H](CC(=O)O)C(=O)N(CCOCc3ccccc3F)C[C@@H]2N1C(=O)NCc1ccccc1. The largest absolute Gasteiger partial charge is 0.481 e. The topological polar surface area (TPSA) is 123 Å². The van der Waals surface area contributed by atoms with Gasteiger partial charge in [-0.1, -0.05) is 48.5 Å². The van der Waals surface area contributed by atoms with Gasteiger partial charge in [0.1, 0.15) is 18.0 Å². The van der Waals surface area contributed by atoms with E-state index in [0.29, 0.717) is 5.56 Å². The van der Waals surface area contributed by atoms with Crippen LogP contribution in [0, 0.1) is 5.82 Å². The van der Waals surface area contributed by atoms with Crippen molar-refractivity contribution >= 4 is 23.8 Å². The first kappa shape index (κ1) is 27.0. The first-order valence-electron chi connectivity index (χ1n) is 12.2. The summed E-state index contributed by atoms with van der Waals surface area (Å²) >= 11 is 0. The zero-order valence-corrected chi connectivity index (χ0v) is 21.0. The Morgan fingerprint density at radius 3 is 2.53 bits per heavy atom. The molecule has 2 aromatic rings. The maximum absolute atomic E-state index is 13.9. The van der Waals surface area contributed by atoms with Gasteiger partial charge in [0, 0.05) is 25.7 Å². The maximum atomic E-state index is 13.9. The number of halogens is 1. The first-order chi connectivity index (χ1) is 18.3. The van der Waals surface area contributed by atoms with E-state index in [1.165, 1.54) is 25.9 Å². The lowest BCUT2D eigenvalue weighted by Crippen LogP contribution is -2.76. The number of likely N-dealkylation sites (N-methyl/N-ethyl adjacent to an activating group) is 1. The second-order valence-corrected chi connectivity index (χ2v) is 9.13. The van der Waals surface area contributed by atoms with E-state index < -0.39 is 48.3 Å². The van der Waals surface area contributed by atoms with Crippen molar-refractivity contribution in [2.45, 2.75) is 31.8 Å². The Morgan fingerprint density at radius 2 is 1.82 bits per heavy atom. The van der Waals surface area contributed by atoms with Crippen molar-refractivity contribution in [2.75, 3.05) is 33.3 Å². The summed E-state index contributed by atoms with van der Waals surface area (Å²) < 4.78 is 19.4. The Hall–Kier alpha value is -4.03. The molecular weight excluding hydrogens is 497 g/mol. The van der Waals surface area contributed by atoms with Crippen molar-refractivity contribution in [3.05, 3.63) is 71.5 Å². The van der Waals surface area contributed by atoms with Crippen LogP contribution in [-0.4, -0.2) is 94.2 Å². The summed E-state index contributed by atoms with van der Waals surface area (Å²) in [7, 11) is 1.59. The zero-order chi connectivity index (χ0) is 27.2. The number of aliphatic carboxylic acids is 1. The third-order valence-electron chi connectivity index (χ3n) is 6.52. The molecule has 0 saturated carbocycles. The summed E-state index contributed by atoms with van der Waals surface area (Å²) in [6, 6.07) is 13.7. The predicted octanol–water partition coefficient (Wildman–Crippen LogP) is 1.25. The van der Waals surface area contributed by atoms with Gasteiger partial charge in [0.2, 0.25) is 11.8 Å². The Labute approximate surface area is 219 Å². The molecule has 2 fully saturated rings. The Balaban J connectivity index is 1.49. The van der Waals surface area contributed by atoms with Gasteiger partial charge in [-0.2, -0.15) is 0 Å². The number of nitrogens with one attached hydrogen (secondary N) is 1. The van der Waals surface area contributed by atoms with Gasteiger partial charge >= 0.3 is 12.0 Å². The van der Waals surface area contributed by atoms with Crippen molar-refractivity contribution in [2.24, 2.45) is 0 Å². The van der Waals surface area contributed by atoms with Gasteiger partial charge in [0.05, 0.1) is 32.7 Å². The van der Waals surface area contributed by atoms with Gasteiger partial charge in [-0.15, -0.1) is 0 Å². The fraction of sp³-hybridized carbons (Fsp3) is 0.385. The van der Waals surface area contributed by atoms with Crippen LogP contribution < -0.4 is 5.32 Å². The van der Waals surface area contributed by atoms with Crippen LogP contribution in [0.15, 0.2) is 54.6 Å². The molecule has 2 heterocycles. The van der Waals surface area contributed by atoms with Crippen molar-refractivity contribution in [1.82, 2.24) is 25.1 Å². The molecule has 2 aliphatic rings. The molecule has 4 amide bonds. The summed E-state index contributed by atoms with van der Waals surface area (Å²) in [6.07, 6.45) is -1.51. The van der Waals surface area contributed by atoms with Crippen molar-refractivity contribution < 1.29 is 33.4 Å². The van der Waals surface area contributed by atoms with Crippen molar-refractivity contribution in [1.29, 1.82) is 0 Å². The molecule has 0 bridgehead atoms. The highest BCUT2D eigenvalue weighted by Gasteiger charge is 2.51. The lowest BCUT2D eigenvalue weighted by molar-refractivity contribution is -0.189. The molecule has 2 N–H and O–H groups in total. The number of piperazine rings is 1. The number of amides is 4. The third kappa shape index (κ3) is 6.09. The Morgan fingerprint density at radius 1 is 1.11 bits per heavy atom. The quantitative estimate of drug-likeness (QED) is 0.471. The van der Waals surface area contributed by atoms with Crippen LogP contribution in [0.5, 0.6) is 0 Å². The zero-order valence-electron chi connectivity index (χ0n) is 21.0. The van der Waals surface area contributed by atoms with E-state index in [1.54, 1.807) is 25.2 Å². The minimum absolute atomic E-state index is 0.00193. The molecule has 2 atom stereocenters. The number of carboxylic acid groups (broad SMARTS) is 1. The van der Waals surface area contributed by atoms with Crippen LogP contribution in [0.2, 0.25) is 0 Å². The number of rotatable bonds is 9. The van der Waals surface area contributed by atoms with Crippen LogP contribution in [-0.2, 0) is 32.3 Å². The van der Waals surface area contributed by atoms with E-state index in [4.69, 9.17) is 4.74 Å². The standard InChI is InChI=1S/C26H30FN5O6/c1-29-16-23(33)31-21(13-24(34)35)25(36)30(11-12-38-17-19-9-5-6-10-20(19)27)15-22(31)32(29)26(37)28-14-18-7-3-2-4-8-18/h2-10,21-22H,11-17H2,1H3,(H,28,37)(H,34,35)/t21-,22-/m0/s1. The minimum Gasteiger partial charge on any atom is -0.481 e. The van der Waals surface area contributed by atoms with E-state index in [0.717, 1.165) is 5.56 Å². The number of ether oxygens (including phenoxy) is 1. The van der Waals surface area contributed by atoms with Crippen molar-refractivity contribution in [3.8, 4) is 0 Å². The van der Waals surface area contributed by atoms with Crippen LogP contribution in [0.3, 0.4) is 0 Å². The van der Waals surface area contributed by atoms with E-state index in [9.17, 15) is 28.7 Å². The van der Waals surface area contributed by atoms with E-state index >= 15 is 0 Å². The first-order valence-corrected chi connectivity index (χ1v) is 12.2. The fourth-order valence-corrected chi connectivity index (χ4v) is 4.70. The highest BCUT2D eigenvalue weighted by Crippen LogP contribution is 2.27. The summed E-state index contributed by atoms with van der Waals surface area (Å²) in [4.78, 5) is 53.7. The molecule has 4 rings (SSSR count). The van der Waals surface area contributed by atoms with Crippen molar-refractivity contribution in [3.63, 3.8) is 0 Å². The number of nitrogens with zero attached hydrogens (tertiary/aromatic N) is 4. The molecule has 0 aromatic heterocycles. The highest BCUT2D eigenvalue weighted by molar-refractivity contribution is 5.93. The molecule has 202 valence electrons. The third-order valence-corrected chi connectivity index (χ3v) is 6.52. The number of fused-ring (bicyclic) bond motifs is 1. The number of hydrogen-bond acceptors (Lipinski definition) is 6. The number of hydrazine groups is 1. The smallest absolute Gasteiger partial charge is 0.334 e. The monoisotopic (exact) mass is 527 g/mol. The Kier molecular flexibility index (Phi) is 8.54. The number of carbonyl (C=O) groups excluding carboxylic acids is 3. The lowest BCUT2D eigenvalue weighted by atomic mass is 10.0. The van der Waals surface area contributed by atoms with E-state index in [2.05, 4.69) is 5.32 Å².